The third-order valence-corrected chi connectivity index (χ3v) is 5.58. The molecule has 0 aliphatic heterocycles. The van der Waals surface area contributed by atoms with Gasteiger partial charge in [0.2, 0.25) is 5.91 Å². The van der Waals surface area contributed by atoms with Gasteiger partial charge in [0.15, 0.2) is 5.13 Å². The number of rotatable bonds is 6. The number of aryl methyl sites for hydroxylation is 1. The zero-order valence-electron chi connectivity index (χ0n) is 13.9. The number of anilines is 1. The number of benzene rings is 1. The van der Waals surface area contributed by atoms with Gasteiger partial charge in [0, 0.05) is 6.08 Å². The average Bonchev–Trinajstić information content (AvgIpc) is 2.90. The molecule has 2 rings (SSSR count). The van der Waals surface area contributed by atoms with E-state index in [1.54, 1.807) is 6.08 Å². The minimum absolute atomic E-state index is 0.214. The van der Waals surface area contributed by atoms with Gasteiger partial charge in [-0.25, -0.2) is 4.98 Å². The SMILES string of the molecule is Cc1nc(NC(=O)/C=C/c2ccc(C(C)C)cc2)sc1SCC#N. The molecule has 1 amide bonds. The van der Waals surface area contributed by atoms with Gasteiger partial charge >= 0.3 is 0 Å². The van der Waals surface area contributed by atoms with E-state index in [0.717, 1.165) is 15.5 Å². The van der Waals surface area contributed by atoms with E-state index >= 15 is 0 Å². The first-order valence-electron chi connectivity index (χ1n) is 7.55. The van der Waals surface area contributed by atoms with E-state index in [1.165, 1.54) is 34.7 Å². The highest BCUT2D eigenvalue weighted by Gasteiger charge is 2.09. The van der Waals surface area contributed by atoms with E-state index < -0.39 is 0 Å². The lowest BCUT2D eigenvalue weighted by Gasteiger charge is -2.04. The van der Waals surface area contributed by atoms with E-state index in [9.17, 15) is 4.79 Å². The summed E-state index contributed by atoms with van der Waals surface area (Å²) in [6.07, 6.45) is 3.29. The molecule has 0 bridgehead atoms. The summed E-state index contributed by atoms with van der Waals surface area (Å²) in [6.45, 7) is 6.17. The maximum absolute atomic E-state index is 12.0. The summed E-state index contributed by atoms with van der Waals surface area (Å²) in [4.78, 5) is 16.3. The number of amides is 1. The Balaban J connectivity index is 1.96. The minimum atomic E-state index is -0.214. The van der Waals surface area contributed by atoms with Crippen molar-refractivity contribution in [1.29, 1.82) is 5.26 Å². The zero-order valence-corrected chi connectivity index (χ0v) is 15.5. The summed E-state index contributed by atoms with van der Waals surface area (Å²) in [5.74, 6) is 0.656. The number of thiazole rings is 1. The third kappa shape index (κ3) is 5.22. The molecule has 0 saturated heterocycles. The van der Waals surface area contributed by atoms with Gasteiger partial charge in [0.25, 0.3) is 0 Å². The van der Waals surface area contributed by atoms with Crippen molar-refractivity contribution in [3.63, 3.8) is 0 Å². The van der Waals surface area contributed by atoms with Gasteiger partial charge in [-0.2, -0.15) is 5.26 Å². The Morgan fingerprint density at radius 2 is 2.12 bits per heavy atom. The number of hydrogen-bond acceptors (Lipinski definition) is 5. The van der Waals surface area contributed by atoms with Crippen molar-refractivity contribution >= 4 is 40.2 Å². The van der Waals surface area contributed by atoms with Crippen LogP contribution in [0.25, 0.3) is 6.08 Å². The lowest BCUT2D eigenvalue weighted by Crippen LogP contribution is -2.07. The molecule has 1 N–H and O–H groups in total. The summed E-state index contributed by atoms with van der Waals surface area (Å²) in [5, 5.41) is 11.9. The maximum Gasteiger partial charge on any atom is 0.250 e. The van der Waals surface area contributed by atoms with Crippen LogP contribution in [0.4, 0.5) is 5.13 Å². The Hall–Kier alpha value is -2.10. The molecule has 0 saturated carbocycles. The van der Waals surface area contributed by atoms with Gasteiger partial charge < -0.3 is 0 Å². The number of nitrogens with one attached hydrogen (secondary N) is 1. The first kappa shape index (κ1) is 18.2. The number of thioether (sulfide) groups is 1. The molecule has 0 radical (unpaired) electrons. The molecule has 1 aromatic carbocycles. The maximum atomic E-state index is 12.0. The van der Waals surface area contributed by atoms with Crippen LogP contribution in [-0.4, -0.2) is 16.6 Å². The molecule has 0 spiro atoms. The second kappa shape index (κ2) is 8.67. The van der Waals surface area contributed by atoms with Crippen LogP contribution >= 0.6 is 23.1 Å². The Morgan fingerprint density at radius 1 is 1.42 bits per heavy atom. The van der Waals surface area contributed by atoms with Crippen LogP contribution in [-0.2, 0) is 4.79 Å². The van der Waals surface area contributed by atoms with E-state index in [-0.39, 0.29) is 5.91 Å². The minimum Gasteiger partial charge on any atom is -0.298 e. The molecule has 0 aliphatic carbocycles. The summed E-state index contributed by atoms with van der Waals surface area (Å²) in [6, 6.07) is 10.2. The van der Waals surface area contributed by atoms with Crippen molar-refractivity contribution in [3.05, 3.63) is 47.2 Å². The van der Waals surface area contributed by atoms with Crippen LogP contribution < -0.4 is 5.32 Å². The molecular weight excluding hydrogens is 338 g/mol. The molecule has 0 unspecified atom stereocenters. The Labute approximate surface area is 150 Å². The molecule has 24 heavy (non-hydrogen) atoms. The molecule has 0 atom stereocenters. The van der Waals surface area contributed by atoms with Crippen LogP contribution in [0.5, 0.6) is 0 Å². The van der Waals surface area contributed by atoms with Gasteiger partial charge in [-0.05, 0) is 30.0 Å². The number of aromatic nitrogens is 1. The van der Waals surface area contributed by atoms with Gasteiger partial charge in [0.05, 0.1) is 21.7 Å². The third-order valence-electron chi connectivity index (χ3n) is 3.28. The summed E-state index contributed by atoms with van der Waals surface area (Å²) in [5.41, 5.74) is 3.09. The fourth-order valence-electron chi connectivity index (χ4n) is 1.98. The zero-order chi connectivity index (χ0) is 17.5. The van der Waals surface area contributed by atoms with Crippen LogP contribution in [0.15, 0.2) is 34.6 Å². The topological polar surface area (TPSA) is 65.8 Å². The monoisotopic (exact) mass is 357 g/mol. The standard InChI is InChI=1S/C18H19N3OS2/c1-12(2)15-7-4-14(5-8-15)6-9-16(22)21-18-20-13(3)17(24-18)23-11-10-19/h4-9,12H,11H2,1-3H3,(H,20,21,22)/b9-6+. The highest BCUT2D eigenvalue weighted by Crippen LogP contribution is 2.31. The van der Waals surface area contributed by atoms with Gasteiger partial charge in [-0.1, -0.05) is 61.2 Å². The van der Waals surface area contributed by atoms with Gasteiger partial charge in [0.1, 0.15) is 0 Å². The van der Waals surface area contributed by atoms with Crippen LogP contribution in [0.2, 0.25) is 0 Å². The molecule has 6 heteroatoms. The number of nitriles is 1. The first-order valence-corrected chi connectivity index (χ1v) is 9.36. The average molecular weight is 358 g/mol. The van der Waals surface area contributed by atoms with E-state index in [1.807, 2.05) is 19.1 Å². The van der Waals surface area contributed by atoms with Crippen LogP contribution in [0.1, 0.15) is 36.6 Å². The molecule has 1 heterocycles. The highest BCUT2D eigenvalue weighted by atomic mass is 32.2. The predicted molar refractivity (Wildman–Crippen MR) is 101 cm³/mol. The second-order valence-corrected chi connectivity index (χ2v) is 7.73. The Morgan fingerprint density at radius 3 is 2.75 bits per heavy atom. The lowest BCUT2D eigenvalue weighted by molar-refractivity contribution is -0.111. The van der Waals surface area contributed by atoms with Gasteiger partial charge in [-0.3, -0.25) is 10.1 Å². The summed E-state index contributed by atoms with van der Waals surface area (Å²) in [7, 11) is 0. The number of hydrogen-bond donors (Lipinski definition) is 1. The van der Waals surface area contributed by atoms with Crippen LogP contribution in [0.3, 0.4) is 0 Å². The smallest absolute Gasteiger partial charge is 0.250 e. The molecule has 1 aromatic heterocycles. The van der Waals surface area contributed by atoms with Crippen molar-refractivity contribution in [1.82, 2.24) is 4.98 Å². The van der Waals surface area contributed by atoms with E-state index in [0.29, 0.717) is 16.8 Å². The Bertz CT molecular complexity index is 771. The van der Waals surface area contributed by atoms with Crippen molar-refractivity contribution in [2.75, 3.05) is 11.1 Å². The summed E-state index contributed by atoms with van der Waals surface area (Å²) >= 11 is 2.82. The van der Waals surface area contributed by atoms with Crippen molar-refractivity contribution < 1.29 is 4.79 Å². The number of nitrogens with zero attached hydrogens (tertiary/aromatic N) is 2. The fraction of sp³-hybridized carbons (Fsp3) is 0.278. The molecular formula is C18H19N3OS2. The molecule has 4 nitrogen and oxygen atoms in total. The highest BCUT2D eigenvalue weighted by molar-refractivity contribution is 8.01. The second-order valence-electron chi connectivity index (χ2n) is 5.48. The van der Waals surface area contributed by atoms with Crippen molar-refractivity contribution in [2.24, 2.45) is 0 Å². The Kier molecular flexibility index (Phi) is 6.59. The molecule has 0 aliphatic rings. The van der Waals surface area contributed by atoms with Crippen molar-refractivity contribution in [2.45, 2.75) is 30.9 Å². The number of carbonyl (C=O) groups is 1. The molecule has 124 valence electrons. The number of carbonyl (C=O) groups excluding carboxylic acids is 1. The molecule has 0 fully saturated rings. The fourth-order valence-corrected chi connectivity index (χ4v) is 3.78. The largest absolute Gasteiger partial charge is 0.298 e. The predicted octanol–water partition coefficient (Wildman–Crippen LogP) is 4.84. The van der Waals surface area contributed by atoms with Crippen LogP contribution in [0, 0.1) is 18.3 Å². The van der Waals surface area contributed by atoms with Crippen molar-refractivity contribution in [3.8, 4) is 6.07 Å². The molecule has 2 aromatic rings. The summed E-state index contributed by atoms with van der Waals surface area (Å²) < 4.78 is 0.958. The normalized spacial score (nSPS) is 11.0. The van der Waals surface area contributed by atoms with E-state index in [4.69, 9.17) is 5.26 Å². The van der Waals surface area contributed by atoms with E-state index in [2.05, 4.69) is 42.4 Å². The quantitative estimate of drug-likeness (QED) is 0.593. The lowest BCUT2D eigenvalue weighted by atomic mass is 10.0. The first-order chi connectivity index (χ1) is 11.5. The van der Waals surface area contributed by atoms with Gasteiger partial charge in [-0.15, -0.1) is 0 Å².